The van der Waals surface area contributed by atoms with E-state index < -0.39 is 5.56 Å². The lowest BCUT2D eigenvalue weighted by molar-refractivity contribution is 0.299. The number of nitrogens with one attached hydrogen (secondary N) is 2. The lowest BCUT2D eigenvalue weighted by Crippen LogP contribution is -2.16. The van der Waals surface area contributed by atoms with Gasteiger partial charge in [-0.3, -0.25) is 9.78 Å². The molecule has 0 amide bonds. The number of rotatable bonds is 8. The van der Waals surface area contributed by atoms with Crippen LogP contribution < -0.4 is 20.5 Å². The van der Waals surface area contributed by atoms with E-state index in [2.05, 4.69) is 42.3 Å². The number of hydrogen-bond acceptors (Lipinski definition) is 7. The second kappa shape index (κ2) is 10.8. The predicted molar refractivity (Wildman–Crippen MR) is 126 cm³/mol. The number of halogens is 1. The average Bonchev–Trinajstić information content (AvgIpc) is 2.80. The summed E-state index contributed by atoms with van der Waals surface area (Å²) in [7, 11) is 0. The molecule has 1 heterocycles. The standard InChI is InChI=1S/C23H18BrN5O3/c1-3-10-32-20-12-18(24)16(11-19(20)31-4-2)14-26-29-23-27-21(15-8-6-5-7-9-15)17(13-25)22(30)28-23/h1,5-9,11-12,14H,4,10H2,2H3,(H2,27,28,29,30). The number of H-pyrrole nitrogens is 1. The Morgan fingerprint density at radius 3 is 2.72 bits per heavy atom. The van der Waals surface area contributed by atoms with Crippen molar-refractivity contribution in [1.82, 2.24) is 9.97 Å². The van der Waals surface area contributed by atoms with Crippen LogP contribution in [0.2, 0.25) is 0 Å². The maximum Gasteiger partial charge on any atom is 0.270 e. The number of aromatic amines is 1. The Morgan fingerprint density at radius 2 is 2.03 bits per heavy atom. The molecule has 2 N–H and O–H groups in total. The van der Waals surface area contributed by atoms with Gasteiger partial charge in [-0.25, -0.2) is 10.4 Å². The first kappa shape index (κ1) is 22.6. The van der Waals surface area contributed by atoms with Crippen molar-refractivity contribution in [3.63, 3.8) is 0 Å². The first-order valence-electron chi connectivity index (χ1n) is 9.48. The van der Waals surface area contributed by atoms with Crippen LogP contribution in [-0.4, -0.2) is 29.4 Å². The maximum atomic E-state index is 12.3. The van der Waals surface area contributed by atoms with Gasteiger partial charge in [0.05, 0.1) is 18.5 Å². The fourth-order valence-corrected chi connectivity index (χ4v) is 3.17. The third-order valence-corrected chi connectivity index (χ3v) is 4.81. The summed E-state index contributed by atoms with van der Waals surface area (Å²) >= 11 is 3.47. The number of aromatic nitrogens is 2. The van der Waals surface area contributed by atoms with Gasteiger partial charge in [-0.05, 0) is 35.0 Å². The van der Waals surface area contributed by atoms with Gasteiger partial charge in [-0.2, -0.15) is 10.4 Å². The first-order chi connectivity index (χ1) is 15.6. The van der Waals surface area contributed by atoms with Gasteiger partial charge in [0.2, 0.25) is 5.95 Å². The Labute approximate surface area is 193 Å². The number of nitrogens with zero attached hydrogens (tertiary/aromatic N) is 3. The summed E-state index contributed by atoms with van der Waals surface area (Å²) in [4.78, 5) is 19.2. The molecular weight excluding hydrogens is 474 g/mol. The Morgan fingerprint density at radius 1 is 1.28 bits per heavy atom. The summed E-state index contributed by atoms with van der Waals surface area (Å²) in [6.07, 6.45) is 6.79. The molecule has 0 unspecified atom stereocenters. The highest BCUT2D eigenvalue weighted by molar-refractivity contribution is 9.10. The normalized spacial score (nSPS) is 10.4. The van der Waals surface area contributed by atoms with Crippen LogP contribution in [-0.2, 0) is 0 Å². The van der Waals surface area contributed by atoms with E-state index in [9.17, 15) is 10.1 Å². The van der Waals surface area contributed by atoms with Crippen molar-refractivity contribution in [3.8, 4) is 41.2 Å². The zero-order chi connectivity index (χ0) is 22.9. The van der Waals surface area contributed by atoms with Crippen LogP contribution in [0.3, 0.4) is 0 Å². The van der Waals surface area contributed by atoms with Crippen LogP contribution in [0.5, 0.6) is 11.5 Å². The molecule has 160 valence electrons. The number of ether oxygens (including phenoxy) is 2. The van der Waals surface area contributed by atoms with Crippen molar-refractivity contribution in [2.24, 2.45) is 5.10 Å². The average molecular weight is 492 g/mol. The fourth-order valence-electron chi connectivity index (χ4n) is 2.75. The van der Waals surface area contributed by atoms with Gasteiger partial charge < -0.3 is 9.47 Å². The van der Waals surface area contributed by atoms with E-state index in [4.69, 9.17) is 15.9 Å². The summed E-state index contributed by atoms with van der Waals surface area (Å²) < 4.78 is 11.8. The molecule has 0 atom stereocenters. The van der Waals surface area contributed by atoms with E-state index in [1.165, 1.54) is 6.21 Å². The van der Waals surface area contributed by atoms with Gasteiger partial charge in [0.15, 0.2) is 11.5 Å². The van der Waals surface area contributed by atoms with Crippen LogP contribution in [0.4, 0.5) is 5.95 Å². The minimum Gasteiger partial charge on any atom is -0.490 e. The van der Waals surface area contributed by atoms with Crippen molar-refractivity contribution >= 4 is 28.1 Å². The second-order valence-corrected chi connectivity index (χ2v) is 7.09. The van der Waals surface area contributed by atoms with Crippen LogP contribution in [0.1, 0.15) is 18.1 Å². The molecule has 0 saturated carbocycles. The van der Waals surface area contributed by atoms with Crippen LogP contribution in [0.15, 0.2) is 56.8 Å². The maximum absolute atomic E-state index is 12.3. The summed E-state index contributed by atoms with van der Waals surface area (Å²) in [6.45, 7) is 2.42. The van der Waals surface area contributed by atoms with Crippen molar-refractivity contribution in [2.45, 2.75) is 6.92 Å². The number of benzene rings is 2. The third-order valence-electron chi connectivity index (χ3n) is 4.13. The molecule has 32 heavy (non-hydrogen) atoms. The molecular formula is C23H18BrN5O3. The highest BCUT2D eigenvalue weighted by atomic mass is 79.9. The van der Waals surface area contributed by atoms with Crippen molar-refractivity contribution in [2.75, 3.05) is 18.6 Å². The lowest BCUT2D eigenvalue weighted by atomic mass is 10.1. The second-order valence-electron chi connectivity index (χ2n) is 6.23. The molecule has 8 nitrogen and oxygen atoms in total. The number of hydrogen-bond donors (Lipinski definition) is 2. The van der Waals surface area contributed by atoms with Crippen LogP contribution in [0, 0.1) is 23.7 Å². The Hall–Kier alpha value is -4.08. The van der Waals surface area contributed by atoms with Crippen LogP contribution >= 0.6 is 15.9 Å². The first-order valence-corrected chi connectivity index (χ1v) is 10.3. The van der Waals surface area contributed by atoms with Crippen LogP contribution in [0.25, 0.3) is 11.3 Å². The zero-order valence-electron chi connectivity index (χ0n) is 17.1. The van der Waals surface area contributed by atoms with Crippen molar-refractivity contribution < 1.29 is 9.47 Å². The molecule has 3 aromatic rings. The number of nitriles is 1. The smallest absolute Gasteiger partial charge is 0.270 e. The van der Waals surface area contributed by atoms with E-state index in [-0.39, 0.29) is 23.8 Å². The number of hydrazone groups is 1. The molecule has 0 aliphatic carbocycles. The van der Waals surface area contributed by atoms with Crippen molar-refractivity contribution in [1.29, 1.82) is 5.26 Å². The van der Waals surface area contributed by atoms with E-state index in [1.807, 2.05) is 19.1 Å². The fraction of sp³-hybridized carbons (Fsp3) is 0.130. The molecule has 2 aromatic carbocycles. The molecule has 0 saturated heterocycles. The third kappa shape index (κ3) is 5.34. The van der Waals surface area contributed by atoms with Gasteiger partial charge in [0.1, 0.15) is 18.2 Å². The summed E-state index contributed by atoms with van der Waals surface area (Å²) in [5.74, 6) is 3.54. The monoisotopic (exact) mass is 491 g/mol. The number of anilines is 1. The molecule has 9 heteroatoms. The Bertz CT molecular complexity index is 1270. The Balaban J connectivity index is 1.88. The largest absolute Gasteiger partial charge is 0.490 e. The highest BCUT2D eigenvalue weighted by Gasteiger charge is 2.13. The molecule has 0 bridgehead atoms. The highest BCUT2D eigenvalue weighted by Crippen LogP contribution is 2.33. The van der Waals surface area contributed by atoms with E-state index in [0.717, 1.165) is 0 Å². The summed E-state index contributed by atoms with van der Waals surface area (Å²) in [6, 6.07) is 14.4. The van der Waals surface area contributed by atoms with Gasteiger partial charge in [-0.1, -0.05) is 36.3 Å². The minimum atomic E-state index is -0.561. The zero-order valence-corrected chi connectivity index (χ0v) is 18.6. The molecule has 1 aromatic heterocycles. The summed E-state index contributed by atoms with van der Waals surface area (Å²) in [5, 5.41) is 13.5. The lowest BCUT2D eigenvalue weighted by Gasteiger charge is -2.12. The van der Waals surface area contributed by atoms with Gasteiger partial charge >= 0.3 is 0 Å². The van der Waals surface area contributed by atoms with Gasteiger partial charge in [0, 0.05) is 15.6 Å². The molecule has 0 aliphatic rings. The van der Waals surface area contributed by atoms with Crippen molar-refractivity contribution in [3.05, 3.63) is 68.4 Å². The SMILES string of the molecule is C#CCOc1cc(Br)c(C=NNc2nc(-c3ccccc3)c(C#N)c(=O)[nH]2)cc1OCC. The van der Waals surface area contributed by atoms with Gasteiger partial charge in [0.25, 0.3) is 5.56 Å². The molecule has 0 spiro atoms. The molecule has 0 radical (unpaired) electrons. The molecule has 0 aliphatic heterocycles. The van der Waals surface area contributed by atoms with E-state index in [0.29, 0.717) is 33.7 Å². The molecule has 3 rings (SSSR count). The number of terminal acetylenes is 1. The predicted octanol–water partition coefficient (Wildman–Crippen LogP) is 3.93. The quantitative estimate of drug-likeness (QED) is 0.280. The minimum absolute atomic E-state index is 0.0719. The summed E-state index contributed by atoms with van der Waals surface area (Å²) in [5.41, 5.74) is 3.67. The van der Waals surface area contributed by atoms with E-state index in [1.54, 1.807) is 36.4 Å². The molecule has 0 fully saturated rings. The topological polar surface area (TPSA) is 112 Å². The van der Waals surface area contributed by atoms with E-state index >= 15 is 0 Å². The Kier molecular flexibility index (Phi) is 7.63. The van der Waals surface area contributed by atoms with Gasteiger partial charge in [-0.15, -0.1) is 6.42 Å².